The third kappa shape index (κ3) is 2.37. The molecule has 2 aliphatic carbocycles. The summed E-state index contributed by atoms with van der Waals surface area (Å²) in [5.41, 5.74) is 13.4. The lowest BCUT2D eigenvalue weighted by Crippen LogP contribution is -2.38. The van der Waals surface area contributed by atoms with Gasteiger partial charge in [-0.1, -0.05) is 111 Å². The monoisotopic (exact) mass is 443 g/mol. The normalized spacial score (nSPS) is 27.6. The van der Waals surface area contributed by atoms with Crippen LogP contribution in [0.1, 0.15) is 86.3 Å². The van der Waals surface area contributed by atoms with E-state index in [4.69, 9.17) is 0 Å². The zero-order valence-corrected chi connectivity index (χ0v) is 20.9. The minimum absolute atomic E-state index is 0.171. The molecule has 2 aliphatic heterocycles. The van der Waals surface area contributed by atoms with Crippen molar-refractivity contribution in [2.45, 2.75) is 69.4 Å². The van der Waals surface area contributed by atoms with Gasteiger partial charge in [0, 0.05) is 23.7 Å². The lowest BCUT2D eigenvalue weighted by molar-refractivity contribution is 0.594. The Morgan fingerprint density at radius 1 is 0.912 bits per heavy atom. The summed E-state index contributed by atoms with van der Waals surface area (Å²) in [4.78, 5) is 0. The molecule has 0 radical (unpaired) electrons. The quantitative estimate of drug-likeness (QED) is 0.426. The molecular weight excluding hydrogens is 409 g/mol. The van der Waals surface area contributed by atoms with E-state index in [9.17, 15) is 0 Å². The Bertz CT molecular complexity index is 1320. The van der Waals surface area contributed by atoms with Crippen molar-refractivity contribution in [1.82, 2.24) is 5.32 Å². The van der Waals surface area contributed by atoms with E-state index in [2.05, 4.69) is 99.7 Å². The van der Waals surface area contributed by atoms with E-state index in [1.165, 1.54) is 51.0 Å². The van der Waals surface area contributed by atoms with Gasteiger partial charge in [0.15, 0.2) is 6.71 Å². The van der Waals surface area contributed by atoms with Gasteiger partial charge in [-0.25, -0.2) is 0 Å². The van der Waals surface area contributed by atoms with E-state index >= 15 is 0 Å². The van der Waals surface area contributed by atoms with Crippen molar-refractivity contribution in [2.75, 3.05) is 6.54 Å². The summed E-state index contributed by atoms with van der Waals surface area (Å²) in [6, 6.07) is 26.2. The maximum absolute atomic E-state index is 3.86. The molecule has 3 aromatic carbocycles. The fourth-order valence-corrected chi connectivity index (χ4v) is 8.05. The van der Waals surface area contributed by atoms with E-state index < -0.39 is 0 Å². The second-order valence-corrected chi connectivity index (χ2v) is 11.7. The van der Waals surface area contributed by atoms with Crippen LogP contribution in [0.5, 0.6) is 0 Å². The zero-order valence-electron chi connectivity index (χ0n) is 20.9. The van der Waals surface area contributed by atoms with Crippen LogP contribution < -0.4 is 10.8 Å². The van der Waals surface area contributed by atoms with Crippen molar-refractivity contribution in [3.05, 3.63) is 106 Å². The third-order valence-corrected chi connectivity index (χ3v) is 9.99. The lowest BCUT2D eigenvalue weighted by Gasteiger charge is -2.45. The molecule has 3 aromatic rings. The van der Waals surface area contributed by atoms with Crippen LogP contribution in [0.2, 0.25) is 11.1 Å². The van der Waals surface area contributed by atoms with Crippen molar-refractivity contribution < 1.29 is 0 Å². The predicted octanol–water partition coefficient (Wildman–Crippen LogP) is 6.87. The molecule has 1 nitrogen and oxygen atoms in total. The van der Waals surface area contributed by atoms with Crippen LogP contribution in [-0.2, 0) is 5.41 Å². The van der Waals surface area contributed by atoms with Gasteiger partial charge < -0.3 is 5.32 Å². The Morgan fingerprint density at radius 3 is 2.18 bits per heavy atom. The summed E-state index contributed by atoms with van der Waals surface area (Å²) >= 11 is 0. The molecule has 1 saturated heterocycles. The molecular formula is C32H34BN. The lowest BCUT2D eigenvalue weighted by atomic mass is 9.53. The molecule has 1 unspecified atom stereocenters. The average molecular weight is 443 g/mol. The summed E-state index contributed by atoms with van der Waals surface area (Å²) in [6.07, 6.45) is 3.50. The highest BCUT2D eigenvalue weighted by Crippen LogP contribution is 2.64. The zero-order chi connectivity index (χ0) is 23.2. The molecule has 1 N–H and O–H groups in total. The van der Waals surface area contributed by atoms with Crippen molar-refractivity contribution in [3.8, 4) is 0 Å². The number of hydrogen-bond donors (Lipinski definition) is 1. The van der Waals surface area contributed by atoms with Gasteiger partial charge in [0.2, 0.25) is 0 Å². The van der Waals surface area contributed by atoms with Crippen LogP contribution in [0.3, 0.4) is 0 Å². The SMILES string of the molecule is CCC1c2ccccc2C2(C3=C(NCCC3)c3ccc(B4C(C)C4(C)C)cc32)c2ccccc21. The molecule has 34 heavy (non-hydrogen) atoms. The van der Waals surface area contributed by atoms with Crippen LogP contribution in [-0.4, -0.2) is 13.3 Å². The van der Waals surface area contributed by atoms with E-state index in [-0.39, 0.29) is 5.41 Å². The molecule has 1 atom stereocenters. The number of hydrogen-bond acceptors (Lipinski definition) is 1. The van der Waals surface area contributed by atoms with Crippen molar-refractivity contribution >= 4 is 17.9 Å². The van der Waals surface area contributed by atoms with Gasteiger partial charge in [-0.2, -0.15) is 0 Å². The Labute approximate surface area is 204 Å². The van der Waals surface area contributed by atoms with Crippen molar-refractivity contribution in [3.63, 3.8) is 0 Å². The maximum atomic E-state index is 3.86. The number of rotatable bonds is 2. The highest BCUT2D eigenvalue weighted by atomic mass is 14.9. The topological polar surface area (TPSA) is 12.0 Å². The van der Waals surface area contributed by atoms with E-state index in [1.54, 1.807) is 5.57 Å². The number of benzene rings is 3. The Morgan fingerprint density at radius 2 is 1.56 bits per heavy atom. The summed E-state index contributed by atoms with van der Waals surface area (Å²) in [7, 11) is 0. The summed E-state index contributed by atoms with van der Waals surface area (Å²) < 4.78 is 0. The average Bonchev–Trinajstić information content (AvgIpc) is 3.24. The fourth-order valence-electron chi connectivity index (χ4n) is 8.05. The largest absolute Gasteiger partial charge is 0.385 e. The number of nitrogens with one attached hydrogen (secondary N) is 1. The molecule has 0 bridgehead atoms. The highest BCUT2D eigenvalue weighted by Gasteiger charge is 2.59. The van der Waals surface area contributed by atoms with Crippen molar-refractivity contribution in [2.24, 2.45) is 0 Å². The summed E-state index contributed by atoms with van der Waals surface area (Å²) in [5, 5.41) is 4.25. The standard InChI is InChI=1S/C32H34BN/c1-5-22-23-11-6-8-13-26(23)32(27-14-9-7-12-24(22)27)28-15-10-18-34-30(28)25-17-16-21(19-29(25)32)33-20(2)31(33,3)4/h6-9,11-14,16-17,19-20,22,34H,5,10,15,18H2,1-4H3. The predicted molar refractivity (Wildman–Crippen MR) is 144 cm³/mol. The summed E-state index contributed by atoms with van der Waals surface area (Å²) in [6.45, 7) is 11.4. The molecule has 1 fully saturated rings. The Hall–Kier alpha value is -2.74. The van der Waals surface area contributed by atoms with E-state index in [0.29, 0.717) is 17.9 Å². The van der Waals surface area contributed by atoms with Gasteiger partial charge in [-0.3, -0.25) is 0 Å². The second-order valence-electron chi connectivity index (χ2n) is 11.7. The first-order valence-electron chi connectivity index (χ1n) is 13.3. The van der Waals surface area contributed by atoms with Crippen LogP contribution in [0.4, 0.5) is 0 Å². The molecule has 2 heteroatoms. The minimum atomic E-state index is -0.171. The molecule has 1 spiro atoms. The van der Waals surface area contributed by atoms with E-state index in [0.717, 1.165) is 25.2 Å². The van der Waals surface area contributed by atoms with Crippen LogP contribution in [0.25, 0.3) is 5.70 Å². The van der Waals surface area contributed by atoms with Crippen LogP contribution in [0, 0.1) is 0 Å². The maximum Gasteiger partial charge on any atom is 0.184 e. The number of fused-ring (bicyclic) bond motifs is 8. The summed E-state index contributed by atoms with van der Waals surface area (Å²) in [5.74, 6) is 1.20. The minimum Gasteiger partial charge on any atom is -0.385 e. The fraction of sp³-hybridized carbons (Fsp3) is 0.375. The highest BCUT2D eigenvalue weighted by molar-refractivity contribution is 6.87. The van der Waals surface area contributed by atoms with Gasteiger partial charge in [0.25, 0.3) is 0 Å². The van der Waals surface area contributed by atoms with Gasteiger partial charge in [-0.15, -0.1) is 0 Å². The van der Waals surface area contributed by atoms with Gasteiger partial charge in [0.1, 0.15) is 0 Å². The first-order chi connectivity index (χ1) is 16.5. The van der Waals surface area contributed by atoms with Gasteiger partial charge in [0.05, 0.1) is 5.41 Å². The molecule has 0 aromatic heterocycles. The molecule has 2 heterocycles. The first kappa shape index (κ1) is 20.6. The molecule has 0 amide bonds. The smallest absolute Gasteiger partial charge is 0.184 e. The second kappa shape index (κ2) is 6.91. The Balaban J connectivity index is 1.58. The van der Waals surface area contributed by atoms with Crippen LogP contribution >= 0.6 is 0 Å². The first-order valence-corrected chi connectivity index (χ1v) is 13.3. The molecule has 0 saturated carbocycles. The van der Waals surface area contributed by atoms with E-state index in [1.807, 2.05) is 0 Å². The van der Waals surface area contributed by atoms with Crippen LogP contribution in [0.15, 0.2) is 72.3 Å². The third-order valence-electron chi connectivity index (χ3n) is 9.99. The van der Waals surface area contributed by atoms with Gasteiger partial charge in [-0.05, 0) is 52.7 Å². The Kier molecular flexibility index (Phi) is 4.19. The number of allylic oxidation sites excluding steroid dienone is 1. The van der Waals surface area contributed by atoms with Crippen molar-refractivity contribution in [1.29, 1.82) is 0 Å². The molecule has 170 valence electrons. The van der Waals surface area contributed by atoms with Gasteiger partial charge >= 0.3 is 0 Å². The molecule has 7 rings (SSSR count). The molecule has 4 aliphatic rings.